The van der Waals surface area contributed by atoms with Gasteiger partial charge in [0.2, 0.25) is 5.88 Å². The van der Waals surface area contributed by atoms with Crippen LogP contribution in [0.15, 0.2) is 60.7 Å². The smallest absolute Gasteiger partial charge is 0.251 e. The summed E-state index contributed by atoms with van der Waals surface area (Å²) in [7, 11) is 3.25. The van der Waals surface area contributed by atoms with Gasteiger partial charge in [-0.1, -0.05) is 12.1 Å². The number of carbonyl (C=O) groups excluding carboxylic acids is 1. The van der Waals surface area contributed by atoms with E-state index in [4.69, 9.17) is 14.2 Å². The second-order valence-corrected chi connectivity index (χ2v) is 6.22. The van der Waals surface area contributed by atoms with Crippen LogP contribution in [0.1, 0.15) is 16.8 Å². The van der Waals surface area contributed by atoms with Crippen LogP contribution < -0.4 is 14.8 Å². The molecule has 0 saturated heterocycles. The Balaban J connectivity index is 1.65. The van der Waals surface area contributed by atoms with E-state index in [9.17, 15) is 4.79 Å². The normalized spacial score (nSPS) is 10.4. The van der Waals surface area contributed by atoms with Crippen molar-refractivity contribution in [2.24, 2.45) is 0 Å². The van der Waals surface area contributed by atoms with Gasteiger partial charge in [-0.2, -0.15) is 0 Å². The summed E-state index contributed by atoms with van der Waals surface area (Å²) in [6.07, 6.45) is 0.767. The van der Waals surface area contributed by atoms with E-state index < -0.39 is 0 Å². The van der Waals surface area contributed by atoms with Gasteiger partial charge >= 0.3 is 0 Å². The summed E-state index contributed by atoms with van der Waals surface area (Å²) >= 11 is 0. The lowest BCUT2D eigenvalue weighted by atomic mass is 10.1. The van der Waals surface area contributed by atoms with Gasteiger partial charge in [-0.05, 0) is 48.9 Å². The Hall–Kier alpha value is -3.45. The van der Waals surface area contributed by atoms with Crippen LogP contribution in [0.4, 0.5) is 0 Å². The van der Waals surface area contributed by atoms with Gasteiger partial charge in [-0.15, -0.1) is 10.2 Å². The Morgan fingerprint density at radius 2 is 1.76 bits per heavy atom. The number of ether oxygens (including phenoxy) is 3. The van der Waals surface area contributed by atoms with Crippen molar-refractivity contribution in [1.82, 2.24) is 15.5 Å². The Labute approximate surface area is 169 Å². The lowest BCUT2D eigenvalue weighted by molar-refractivity contribution is 0.0948. The molecule has 0 saturated carbocycles. The highest BCUT2D eigenvalue weighted by molar-refractivity contribution is 5.95. The van der Waals surface area contributed by atoms with Crippen LogP contribution in [0.25, 0.3) is 11.3 Å². The molecular formula is C22H23N3O4. The second-order valence-electron chi connectivity index (χ2n) is 6.22. The summed E-state index contributed by atoms with van der Waals surface area (Å²) in [6, 6.07) is 18.0. The van der Waals surface area contributed by atoms with E-state index in [0.717, 1.165) is 17.7 Å². The van der Waals surface area contributed by atoms with Crippen LogP contribution in [0.2, 0.25) is 0 Å². The molecule has 3 aromatic rings. The van der Waals surface area contributed by atoms with E-state index in [2.05, 4.69) is 15.5 Å². The SMILES string of the molecule is COCCCNC(=O)c1cccc(-c2ccc(Oc3ccc(OC)cc3)nn2)c1. The van der Waals surface area contributed by atoms with Crippen molar-refractivity contribution >= 4 is 5.91 Å². The molecule has 0 unspecified atom stereocenters. The molecule has 7 heteroatoms. The fraction of sp³-hybridized carbons (Fsp3) is 0.227. The maximum Gasteiger partial charge on any atom is 0.251 e. The van der Waals surface area contributed by atoms with Crippen molar-refractivity contribution < 1.29 is 19.0 Å². The maximum atomic E-state index is 12.3. The molecule has 1 amide bonds. The standard InChI is InChI=1S/C22H23N3O4/c1-27-14-4-13-23-22(26)17-6-3-5-16(15-17)20-11-12-21(25-24-20)29-19-9-7-18(28-2)8-10-19/h3,5-12,15H,4,13-14H2,1-2H3,(H,23,26). The van der Waals surface area contributed by atoms with Crippen molar-refractivity contribution in [2.45, 2.75) is 6.42 Å². The number of aromatic nitrogens is 2. The number of rotatable bonds is 9. The molecule has 1 aromatic heterocycles. The molecule has 3 rings (SSSR count). The van der Waals surface area contributed by atoms with E-state index >= 15 is 0 Å². The Kier molecular flexibility index (Phi) is 7.13. The molecular weight excluding hydrogens is 370 g/mol. The highest BCUT2D eigenvalue weighted by Crippen LogP contribution is 2.24. The highest BCUT2D eigenvalue weighted by Gasteiger charge is 2.08. The molecule has 0 aliphatic heterocycles. The molecule has 0 bridgehead atoms. The summed E-state index contributed by atoms with van der Waals surface area (Å²) in [6.45, 7) is 1.18. The van der Waals surface area contributed by atoms with Crippen LogP contribution in [-0.4, -0.2) is 43.5 Å². The van der Waals surface area contributed by atoms with E-state index in [1.807, 2.05) is 30.3 Å². The van der Waals surface area contributed by atoms with E-state index in [1.165, 1.54) is 0 Å². The van der Waals surface area contributed by atoms with Crippen molar-refractivity contribution in [1.29, 1.82) is 0 Å². The van der Waals surface area contributed by atoms with Crippen molar-refractivity contribution in [3.8, 4) is 28.6 Å². The van der Waals surface area contributed by atoms with Crippen molar-refractivity contribution in [3.63, 3.8) is 0 Å². The molecule has 1 heterocycles. The molecule has 150 valence electrons. The summed E-state index contributed by atoms with van der Waals surface area (Å²) in [5.74, 6) is 1.64. The first-order valence-corrected chi connectivity index (χ1v) is 9.23. The fourth-order valence-corrected chi connectivity index (χ4v) is 2.63. The number of nitrogens with zero attached hydrogens (tertiary/aromatic N) is 2. The number of carbonyl (C=O) groups is 1. The van der Waals surface area contributed by atoms with E-state index in [0.29, 0.717) is 36.0 Å². The third kappa shape index (κ3) is 5.76. The zero-order valence-electron chi connectivity index (χ0n) is 16.4. The van der Waals surface area contributed by atoms with Gasteiger partial charge in [-0.3, -0.25) is 4.79 Å². The van der Waals surface area contributed by atoms with Gasteiger partial charge in [0.15, 0.2) is 0 Å². The third-order valence-electron chi connectivity index (χ3n) is 4.15. The van der Waals surface area contributed by atoms with Gasteiger partial charge in [0.05, 0.1) is 12.8 Å². The minimum atomic E-state index is -0.129. The first kappa shape index (κ1) is 20.3. The molecule has 0 spiro atoms. The number of hydrogen-bond donors (Lipinski definition) is 1. The Morgan fingerprint density at radius 3 is 2.45 bits per heavy atom. The summed E-state index contributed by atoms with van der Waals surface area (Å²) in [5, 5.41) is 11.2. The zero-order chi connectivity index (χ0) is 20.5. The monoisotopic (exact) mass is 393 g/mol. The molecule has 0 aliphatic rings. The lowest BCUT2D eigenvalue weighted by Crippen LogP contribution is -2.25. The van der Waals surface area contributed by atoms with Gasteiger partial charge < -0.3 is 19.5 Å². The van der Waals surface area contributed by atoms with Gasteiger partial charge in [0.25, 0.3) is 5.91 Å². The largest absolute Gasteiger partial charge is 0.497 e. The minimum absolute atomic E-state index is 0.129. The average Bonchev–Trinajstić information content (AvgIpc) is 2.78. The molecule has 0 atom stereocenters. The average molecular weight is 393 g/mol. The first-order chi connectivity index (χ1) is 14.2. The molecule has 0 aliphatic carbocycles. The first-order valence-electron chi connectivity index (χ1n) is 9.23. The predicted octanol–water partition coefficient (Wildman–Crippen LogP) is 3.71. The van der Waals surface area contributed by atoms with Crippen LogP contribution in [-0.2, 0) is 4.74 Å². The van der Waals surface area contributed by atoms with Gasteiger partial charge in [0.1, 0.15) is 11.5 Å². The number of benzene rings is 2. The molecule has 2 aromatic carbocycles. The van der Waals surface area contributed by atoms with Crippen LogP contribution in [0, 0.1) is 0 Å². The summed E-state index contributed by atoms with van der Waals surface area (Å²) in [4.78, 5) is 12.3. The van der Waals surface area contributed by atoms with Crippen LogP contribution >= 0.6 is 0 Å². The molecule has 0 fully saturated rings. The maximum absolute atomic E-state index is 12.3. The minimum Gasteiger partial charge on any atom is -0.497 e. The number of nitrogens with one attached hydrogen (secondary N) is 1. The van der Waals surface area contributed by atoms with Crippen LogP contribution in [0.3, 0.4) is 0 Å². The number of hydrogen-bond acceptors (Lipinski definition) is 6. The van der Waals surface area contributed by atoms with Gasteiger partial charge in [-0.25, -0.2) is 0 Å². The Bertz CT molecular complexity index is 928. The van der Waals surface area contributed by atoms with Crippen molar-refractivity contribution in [3.05, 3.63) is 66.2 Å². The van der Waals surface area contributed by atoms with Gasteiger partial charge in [0, 0.05) is 37.5 Å². The molecule has 0 radical (unpaired) electrons. The lowest BCUT2D eigenvalue weighted by Gasteiger charge is -2.08. The quantitative estimate of drug-likeness (QED) is 0.558. The third-order valence-corrected chi connectivity index (χ3v) is 4.15. The molecule has 29 heavy (non-hydrogen) atoms. The topological polar surface area (TPSA) is 82.6 Å². The second kappa shape index (κ2) is 10.2. The fourth-order valence-electron chi connectivity index (χ4n) is 2.63. The zero-order valence-corrected chi connectivity index (χ0v) is 16.4. The van der Waals surface area contributed by atoms with E-state index in [-0.39, 0.29) is 5.91 Å². The highest BCUT2D eigenvalue weighted by atomic mass is 16.5. The summed E-state index contributed by atoms with van der Waals surface area (Å²) < 4.78 is 15.8. The molecule has 7 nitrogen and oxygen atoms in total. The number of amides is 1. The predicted molar refractivity (Wildman–Crippen MR) is 109 cm³/mol. The number of methoxy groups -OCH3 is 2. The Morgan fingerprint density at radius 1 is 0.966 bits per heavy atom. The van der Waals surface area contributed by atoms with E-state index in [1.54, 1.807) is 44.6 Å². The summed E-state index contributed by atoms with van der Waals surface area (Å²) in [5.41, 5.74) is 2.03. The van der Waals surface area contributed by atoms with Crippen molar-refractivity contribution in [2.75, 3.05) is 27.4 Å². The molecule has 1 N–H and O–H groups in total. The van der Waals surface area contributed by atoms with Crippen LogP contribution in [0.5, 0.6) is 17.4 Å².